The summed E-state index contributed by atoms with van der Waals surface area (Å²) in [6, 6.07) is -3.22. The summed E-state index contributed by atoms with van der Waals surface area (Å²) in [4.78, 5) is 99.4. The summed E-state index contributed by atoms with van der Waals surface area (Å²) in [6.45, 7) is -0.647. The number of aromatic nitrogens is 2. The van der Waals surface area contributed by atoms with Crippen LogP contribution in [0.25, 0.3) is 0 Å². The number of aliphatic carboxylic acids is 3. The van der Waals surface area contributed by atoms with Crippen LogP contribution in [0.15, 0.2) is 0 Å². The number of hydrogen-bond donors (Lipinski definition) is 10. The molecule has 2 atom stereocenters. The second kappa shape index (κ2) is 15.0. The fourth-order valence-electron chi connectivity index (χ4n) is 2.85. The van der Waals surface area contributed by atoms with Crippen molar-refractivity contribution in [2.24, 2.45) is 5.73 Å². The number of primary amides is 1. The maximum absolute atomic E-state index is 12.3. The normalized spacial score (nSPS) is 11.8. The Bertz CT molecular complexity index is 1110. The van der Waals surface area contributed by atoms with Crippen molar-refractivity contribution in [3.63, 3.8) is 0 Å². The van der Waals surface area contributed by atoms with Gasteiger partial charge in [-0.15, -0.1) is 0 Å². The standard InChI is InChI=1S/C20H27N9O11/c21-9(30)5-7(19(37)38)26-10(31)1-3-24-17(35)13-15(22)29-14(16(23)28-13)18(36)25-4-2-11(32)27-8(20(39)40)6-12(33)34/h7-8H,1-6H2,(H2,21,30)(H2,22,29)(H2,23,28)(H,24,35)(H,25,36)(H,26,31)(H,27,32)(H,33,34)(H,37,38)(H,39,40). The van der Waals surface area contributed by atoms with Crippen molar-refractivity contribution in [2.45, 2.75) is 37.8 Å². The summed E-state index contributed by atoms with van der Waals surface area (Å²) in [5.41, 5.74) is 15.3. The minimum Gasteiger partial charge on any atom is -0.481 e. The Morgan fingerprint density at radius 3 is 1.38 bits per heavy atom. The lowest BCUT2D eigenvalue weighted by molar-refractivity contribution is -0.147. The van der Waals surface area contributed by atoms with Crippen LogP contribution in [0.3, 0.4) is 0 Å². The molecule has 0 aliphatic carbocycles. The summed E-state index contributed by atoms with van der Waals surface area (Å²) in [7, 11) is 0. The average molecular weight is 569 g/mol. The first kappa shape index (κ1) is 32.5. The molecule has 40 heavy (non-hydrogen) atoms. The van der Waals surface area contributed by atoms with Crippen LogP contribution in [0.5, 0.6) is 0 Å². The van der Waals surface area contributed by atoms with E-state index in [0.29, 0.717) is 0 Å². The third-order valence-corrected chi connectivity index (χ3v) is 4.71. The van der Waals surface area contributed by atoms with E-state index in [1.54, 1.807) is 0 Å². The van der Waals surface area contributed by atoms with Gasteiger partial charge in [0.1, 0.15) is 12.1 Å². The van der Waals surface area contributed by atoms with Crippen LogP contribution in [-0.4, -0.2) is 97.9 Å². The zero-order valence-corrected chi connectivity index (χ0v) is 20.6. The van der Waals surface area contributed by atoms with Crippen LogP contribution in [0.2, 0.25) is 0 Å². The number of hydrogen-bond acceptors (Lipinski definition) is 12. The number of rotatable bonds is 16. The Morgan fingerprint density at radius 2 is 1.05 bits per heavy atom. The summed E-state index contributed by atoms with van der Waals surface area (Å²) in [6.07, 6.45) is -2.31. The topological polar surface area (TPSA) is 349 Å². The van der Waals surface area contributed by atoms with Crippen molar-refractivity contribution < 1.29 is 53.7 Å². The minimum absolute atomic E-state index is 0.311. The number of nitrogens with two attached hydrogens (primary N) is 3. The van der Waals surface area contributed by atoms with E-state index in [2.05, 4.69) is 25.9 Å². The molecule has 1 heterocycles. The molecule has 0 spiro atoms. The third-order valence-electron chi connectivity index (χ3n) is 4.71. The molecular weight excluding hydrogens is 542 g/mol. The molecule has 218 valence electrons. The molecule has 20 nitrogen and oxygen atoms in total. The Morgan fingerprint density at radius 1 is 0.675 bits per heavy atom. The van der Waals surface area contributed by atoms with Gasteiger partial charge in [-0.25, -0.2) is 19.6 Å². The second-order valence-electron chi connectivity index (χ2n) is 7.89. The summed E-state index contributed by atoms with van der Waals surface area (Å²) in [5, 5.41) is 35.2. The molecule has 5 amide bonds. The summed E-state index contributed by atoms with van der Waals surface area (Å²) >= 11 is 0. The van der Waals surface area contributed by atoms with Gasteiger partial charge < -0.3 is 53.8 Å². The lowest BCUT2D eigenvalue weighted by atomic mass is 10.2. The van der Waals surface area contributed by atoms with Crippen LogP contribution in [0.1, 0.15) is 46.7 Å². The molecule has 13 N–H and O–H groups in total. The Balaban J connectivity index is 2.66. The monoisotopic (exact) mass is 569 g/mol. The molecule has 2 unspecified atom stereocenters. The first-order valence-electron chi connectivity index (χ1n) is 11.2. The Hall–Kier alpha value is -5.56. The molecule has 0 aliphatic rings. The van der Waals surface area contributed by atoms with Gasteiger partial charge in [-0.3, -0.25) is 28.8 Å². The average Bonchev–Trinajstić information content (AvgIpc) is 2.83. The van der Waals surface area contributed by atoms with Crippen molar-refractivity contribution in [3.8, 4) is 0 Å². The van der Waals surface area contributed by atoms with Gasteiger partial charge in [0.25, 0.3) is 11.8 Å². The first-order chi connectivity index (χ1) is 18.6. The van der Waals surface area contributed by atoms with Gasteiger partial charge in [0, 0.05) is 25.9 Å². The summed E-state index contributed by atoms with van der Waals surface area (Å²) in [5.74, 6) is -10.0. The van der Waals surface area contributed by atoms with E-state index in [-0.39, 0.29) is 13.1 Å². The number of carboxylic acid groups (broad SMARTS) is 3. The molecule has 0 saturated carbocycles. The van der Waals surface area contributed by atoms with Gasteiger partial charge in [-0.2, -0.15) is 0 Å². The van der Waals surface area contributed by atoms with E-state index in [9.17, 15) is 38.4 Å². The zero-order valence-electron chi connectivity index (χ0n) is 20.6. The number of amides is 5. The number of carbonyl (C=O) groups is 8. The lowest BCUT2D eigenvalue weighted by Gasteiger charge is -2.13. The van der Waals surface area contributed by atoms with Crippen molar-refractivity contribution in [1.82, 2.24) is 31.2 Å². The van der Waals surface area contributed by atoms with Gasteiger partial charge >= 0.3 is 17.9 Å². The fraction of sp³-hybridized carbons (Fsp3) is 0.400. The molecule has 0 fully saturated rings. The van der Waals surface area contributed by atoms with E-state index < -0.39 is 108 Å². The van der Waals surface area contributed by atoms with Gasteiger partial charge in [0.2, 0.25) is 17.7 Å². The Labute approximate surface area is 224 Å². The van der Waals surface area contributed by atoms with Crippen LogP contribution in [-0.2, 0) is 28.8 Å². The smallest absolute Gasteiger partial charge is 0.326 e. The molecule has 0 saturated heterocycles. The molecule has 0 aliphatic heterocycles. The second-order valence-corrected chi connectivity index (χ2v) is 7.89. The number of anilines is 2. The van der Waals surface area contributed by atoms with Crippen LogP contribution in [0.4, 0.5) is 11.6 Å². The van der Waals surface area contributed by atoms with Gasteiger partial charge in [-0.1, -0.05) is 0 Å². The number of nitrogens with zero attached hydrogens (tertiary/aromatic N) is 2. The van der Waals surface area contributed by atoms with Crippen LogP contribution in [0, 0.1) is 0 Å². The predicted octanol–water partition coefficient (Wildman–Crippen LogP) is -4.63. The summed E-state index contributed by atoms with van der Waals surface area (Å²) < 4.78 is 0. The van der Waals surface area contributed by atoms with Gasteiger partial charge in [0.15, 0.2) is 23.0 Å². The first-order valence-corrected chi connectivity index (χ1v) is 11.2. The highest BCUT2D eigenvalue weighted by molar-refractivity contribution is 6.01. The van der Waals surface area contributed by atoms with E-state index in [1.165, 1.54) is 0 Å². The Kier molecular flexibility index (Phi) is 12.2. The molecular formula is C20H27N9O11. The third kappa shape index (κ3) is 10.8. The maximum atomic E-state index is 12.3. The SMILES string of the molecule is NC(=O)CC(NC(=O)CCNC(=O)c1nc(N)c(C(=O)NCCC(=O)NC(CC(=O)O)C(=O)O)nc1N)C(=O)O. The quantitative estimate of drug-likeness (QED) is 0.0894. The van der Waals surface area contributed by atoms with Crippen LogP contribution >= 0.6 is 0 Å². The molecule has 0 aromatic carbocycles. The van der Waals surface area contributed by atoms with Gasteiger partial charge in [-0.05, 0) is 0 Å². The fourth-order valence-corrected chi connectivity index (χ4v) is 2.85. The number of carbonyl (C=O) groups excluding carboxylic acids is 5. The van der Waals surface area contributed by atoms with Crippen molar-refractivity contribution in [3.05, 3.63) is 11.4 Å². The maximum Gasteiger partial charge on any atom is 0.326 e. The van der Waals surface area contributed by atoms with Crippen molar-refractivity contribution in [1.29, 1.82) is 0 Å². The highest BCUT2D eigenvalue weighted by Crippen LogP contribution is 2.13. The predicted molar refractivity (Wildman–Crippen MR) is 130 cm³/mol. The van der Waals surface area contributed by atoms with E-state index >= 15 is 0 Å². The minimum atomic E-state index is -1.67. The molecule has 0 bridgehead atoms. The number of carboxylic acids is 3. The van der Waals surface area contributed by atoms with Crippen LogP contribution < -0.4 is 38.5 Å². The number of nitrogen functional groups attached to an aromatic ring is 2. The molecule has 1 aromatic heterocycles. The van der Waals surface area contributed by atoms with Gasteiger partial charge in [0.05, 0.1) is 12.8 Å². The van der Waals surface area contributed by atoms with Crippen molar-refractivity contribution >= 4 is 59.1 Å². The highest BCUT2D eigenvalue weighted by atomic mass is 16.4. The van der Waals surface area contributed by atoms with E-state index in [4.69, 9.17) is 32.5 Å². The van der Waals surface area contributed by atoms with Crippen molar-refractivity contribution in [2.75, 3.05) is 24.6 Å². The number of nitrogens with one attached hydrogen (secondary N) is 4. The van der Waals surface area contributed by atoms with E-state index in [1.807, 2.05) is 5.32 Å². The molecule has 1 aromatic rings. The largest absolute Gasteiger partial charge is 0.481 e. The van der Waals surface area contributed by atoms with E-state index in [0.717, 1.165) is 0 Å². The molecule has 20 heteroatoms. The molecule has 0 radical (unpaired) electrons. The zero-order chi connectivity index (χ0) is 30.6. The highest BCUT2D eigenvalue weighted by Gasteiger charge is 2.25. The lowest BCUT2D eigenvalue weighted by Crippen LogP contribution is -2.44. The molecule has 1 rings (SSSR count).